The molecule has 0 aliphatic carbocycles. The molecule has 1 rings (SSSR count). The Morgan fingerprint density at radius 2 is 1.92 bits per heavy atom. The molecule has 0 fully saturated rings. The molecule has 1 amide bonds. The number of methoxy groups -OCH3 is 1. The maximum absolute atomic E-state index is 12.5. The van der Waals surface area contributed by atoms with E-state index in [4.69, 9.17) is 9.47 Å². The number of amides is 1. The van der Waals surface area contributed by atoms with Gasteiger partial charge in [-0.25, -0.2) is 8.42 Å². The third-order valence-corrected chi connectivity index (χ3v) is 5.52. The fourth-order valence-electron chi connectivity index (χ4n) is 2.14. The van der Waals surface area contributed by atoms with Crippen molar-refractivity contribution in [2.75, 3.05) is 40.0 Å². The van der Waals surface area contributed by atoms with E-state index >= 15 is 0 Å². The van der Waals surface area contributed by atoms with Crippen LogP contribution in [-0.4, -0.2) is 58.6 Å². The van der Waals surface area contributed by atoms with Crippen LogP contribution in [0, 0.1) is 6.92 Å². The van der Waals surface area contributed by atoms with Crippen molar-refractivity contribution in [3.63, 3.8) is 0 Å². The Bertz CT molecular complexity index is 642. The predicted octanol–water partition coefficient (Wildman–Crippen LogP) is 1.17. The second-order valence-electron chi connectivity index (χ2n) is 5.15. The van der Waals surface area contributed by atoms with Gasteiger partial charge in [0.15, 0.2) is 6.61 Å². The molecular formula is C16H26N2O5S. The van der Waals surface area contributed by atoms with E-state index in [1.54, 1.807) is 40.0 Å². The lowest BCUT2D eigenvalue weighted by Crippen LogP contribution is -2.31. The third-order valence-electron chi connectivity index (χ3n) is 3.48. The van der Waals surface area contributed by atoms with Crippen LogP contribution in [0.1, 0.15) is 19.4 Å². The lowest BCUT2D eigenvalue weighted by molar-refractivity contribution is -0.123. The number of benzene rings is 1. The fraction of sp³-hybridized carbons (Fsp3) is 0.562. The molecule has 7 nitrogen and oxygen atoms in total. The lowest BCUT2D eigenvalue weighted by atomic mass is 10.2. The quantitative estimate of drug-likeness (QED) is 0.635. The van der Waals surface area contributed by atoms with E-state index in [0.29, 0.717) is 37.6 Å². The van der Waals surface area contributed by atoms with E-state index in [1.807, 2.05) is 0 Å². The zero-order chi connectivity index (χ0) is 18.2. The van der Waals surface area contributed by atoms with Crippen LogP contribution in [0.5, 0.6) is 5.75 Å². The summed E-state index contributed by atoms with van der Waals surface area (Å²) < 4.78 is 36.6. The molecular weight excluding hydrogens is 332 g/mol. The van der Waals surface area contributed by atoms with Crippen molar-refractivity contribution >= 4 is 15.9 Å². The van der Waals surface area contributed by atoms with Gasteiger partial charge < -0.3 is 14.8 Å². The first-order chi connectivity index (χ1) is 11.4. The van der Waals surface area contributed by atoms with E-state index in [1.165, 1.54) is 10.4 Å². The first-order valence-electron chi connectivity index (χ1n) is 7.86. The van der Waals surface area contributed by atoms with Crippen LogP contribution < -0.4 is 10.1 Å². The highest BCUT2D eigenvalue weighted by Gasteiger charge is 2.22. The minimum Gasteiger partial charge on any atom is -0.484 e. The highest BCUT2D eigenvalue weighted by Crippen LogP contribution is 2.24. The van der Waals surface area contributed by atoms with Crippen molar-refractivity contribution in [1.82, 2.24) is 9.62 Å². The zero-order valence-corrected chi connectivity index (χ0v) is 15.5. The minimum atomic E-state index is -3.50. The van der Waals surface area contributed by atoms with E-state index in [9.17, 15) is 13.2 Å². The van der Waals surface area contributed by atoms with Crippen LogP contribution in [0.3, 0.4) is 0 Å². The molecule has 0 aliphatic rings. The first kappa shape index (κ1) is 20.4. The van der Waals surface area contributed by atoms with Gasteiger partial charge >= 0.3 is 0 Å². The molecule has 1 aromatic rings. The first-order valence-corrected chi connectivity index (χ1v) is 9.30. The largest absolute Gasteiger partial charge is 0.484 e. The van der Waals surface area contributed by atoms with Gasteiger partial charge in [0.05, 0.1) is 11.5 Å². The number of ether oxygens (including phenoxy) is 2. The third kappa shape index (κ3) is 5.47. The Morgan fingerprint density at radius 1 is 1.25 bits per heavy atom. The van der Waals surface area contributed by atoms with Crippen molar-refractivity contribution in [3.05, 3.63) is 23.8 Å². The normalized spacial score (nSPS) is 11.5. The maximum atomic E-state index is 12.5. The SMILES string of the molecule is CCN(CC)S(=O)(=O)c1ccc(OCC(=O)NCCOC)c(C)c1. The molecule has 0 spiro atoms. The van der Waals surface area contributed by atoms with Crippen molar-refractivity contribution in [2.24, 2.45) is 0 Å². The summed E-state index contributed by atoms with van der Waals surface area (Å²) in [6, 6.07) is 4.64. The Hall–Kier alpha value is -1.64. The van der Waals surface area contributed by atoms with Crippen molar-refractivity contribution in [3.8, 4) is 5.75 Å². The van der Waals surface area contributed by atoms with Gasteiger partial charge in [-0.1, -0.05) is 13.8 Å². The summed E-state index contributed by atoms with van der Waals surface area (Å²) in [6.07, 6.45) is 0. The van der Waals surface area contributed by atoms with E-state index < -0.39 is 10.0 Å². The number of carbonyl (C=O) groups excluding carboxylic acids is 1. The van der Waals surface area contributed by atoms with Gasteiger partial charge in [0.2, 0.25) is 10.0 Å². The highest BCUT2D eigenvalue weighted by molar-refractivity contribution is 7.89. The summed E-state index contributed by atoms with van der Waals surface area (Å²) in [5, 5.41) is 2.65. The Labute approximate surface area is 144 Å². The van der Waals surface area contributed by atoms with Gasteiger partial charge in [-0.15, -0.1) is 0 Å². The summed E-state index contributed by atoms with van der Waals surface area (Å²) >= 11 is 0. The Morgan fingerprint density at radius 3 is 2.46 bits per heavy atom. The van der Waals surface area contributed by atoms with Gasteiger partial charge in [0.1, 0.15) is 5.75 Å². The zero-order valence-electron chi connectivity index (χ0n) is 14.7. The minimum absolute atomic E-state index is 0.132. The molecule has 0 atom stereocenters. The van der Waals surface area contributed by atoms with Gasteiger partial charge in [0, 0.05) is 26.7 Å². The summed E-state index contributed by atoms with van der Waals surface area (Å²) in [7, 11) is -1.95. The number of hydrogen-bond donors (Lipinski definition) is 1. The average Bonchev–Trinajstić information content (AvgIpc) is 2.54. The molecule has 0 aliphatic heterocycles. The summed E-state index contributed by atoms with van der Waals surface area (Å²) in [5.74, 6) is 0.224. The number of hydrogen-bond acceptors (Lipinski definition) is 5. The van der Waals surface area contributed by atoms with Crippen LogP contribution >= 0.6 is 0 Å². The van der Waals surface area contributed by atoms with Crippen LogP contribution in [0.2, 0.25) is 0 Å². The van der Waals surface area contributed by atoms with Crippen molar-refractivity contribution in [2.45, 2.75) is 25.7 Å². The van der Waals surface area contributed by atoms with E-state index in [-0.39, 0.29) is 17.4 Å². The molecule has 1 aromatic carbocycles. The molecule has 24 heavy (non-hydrogen) atoms. The van der Waals surface area contributed by atoms with Crippen LogP contribution in [-0.2, 0) is 19.6 Å². The van der Waals surface area contributed by atoms with Crippen molar-refractivity contribution < 1.29 is 22.7 Å². The number of sulfonamides is 1. The van der Waals surface area contributed by atoms with Crippen LogP contribution in [0.15, 0.2) is 23.1 Å². The Kier molecular flexibility index (Phi) is 8.17. The molecule has 0 heterocycles. The molecule has 0 radical (unpaired) electrons. The molecule has 0 aromatic heterocycles. The highest BCUT2D eigenvalue weighted by atomic mass is 32.2. The summed E-state index contributed by atoms with van der Waals surface area (Å²) in [5.41, 5.74) is 0.660. The average molecular weight is 358 g/mol. The van der Waals surface area contributed by atoms with E-state index in [0.717, 1.165) is 0 Å². The van der Waals surface area contributed by atoms with Crippen molar-refractivity contribution in [1.29, 1.82) is 0 Å². The van der Waals surface area contributed by atoms with Gasteiger partial charge in [-0.05, 0) is 30.7 Å². The number of nitrogens with one attached hydrogen (secondary N) is 1. The molecule has 8 heteroatoms. The number of nitrogens with zero attached hydrogens (tertiary/aromatic N) is 1. The molecule has 136 valence electrons. The number of carbonyl (C=O) groups is 1. The van der Waals surface area contributed by atoms with Gasteiger partial charge in [-0.2, -0.15) is 4.31 Å². The van der Waals surface area contributed by atoms with E-state index in [2.05, 4.69) is 5.32 Å². The lowest BCUT2D eigenvalue weighted by Gasteiger charge is -2.19. The number of rotatable bonds is 10. The molecule has 0 unspecified atom stereocenters. The molecule has 0 saturated carbocycles. The smallest absolute Gasteiger partial charge is 0.258 e. The fourth-order valence-corrected chi connectivity index (χ4v) is 3.69. The second-order valence-corrected chi connectivity index (χ2v) is 7.09. The second kappa shape index (κ2) is 9.61. The van der Waals surface area contributed by atoms with Gasteiger partial charge in [-0.3, -0.25) is 4.79 Å². The maximum Gasteiger partial charge on any atom is 0.258 e. The molecule has 0 bridgehead atoms. The molecule has 0 saturated heterocycles. The summed E-state index contributed by atoms with van der Waals surface area (Å²) in [6.45, 7) is 6.89. The van der Waals surface area contributed by atoms with Crippen LogP contribution in [0.25, 0.3) is 0 Å². The molecule has 1 N–H and O–H groups in total. The number of aryl methyl sites for hydroxylation is 1. The summed E-state index contributed by atoms with van der Waals surface area (Å²) in [4.78, 5) is 11.8. The monoisotopic (exact) mass is 358 g/mol. The van der Waals surface area contributed by atoms with Gasteiger partial charge in [0.25, 0.3) is 5.91 Å². The standard InChI is InChI=1S/C16H26N2O5S/c1-5-18(6-2)24(20,21)14-7-8-15(13(3)11-14)23-12-16(19)17-9-10-22-4/h7-8,11H,5-6,9-10,12H2,1-4H3,(H,17,19). The topological polar surface area (TPSA) is 84.9 Å². The predicted molar refractivity (Wildman–Crippen MR) is 91.7 cm³/mol. The Balaban J connectivity index is 2.76. The van der Waals surface area contributed by atoms with Crippen LogP contribution in [0.4, 0.5) is 0 Å².